The average molecular weight is 366 g/mol. The van der Waals surface area contributed by atoms with E-state index in [1.54, 1.807) is 6.20 Å². The van der Waals surface area contributed by atoms with Crippen molar-refractivity contribution in [1.29, 1.82) is 0 Å². The van der Waals surface area contributed by atoms with E-state index in [9.17, 15) is 4.79 Å². The van der Waals surface area contributed by atoms with Gasteiger partial charge in [0.1, 0.15) is 11.3 Å². The Labute approximate surface area is 157 Å². The normalized spacial score (nSPS) is 12.5. The van der Waals surface area contributed by atoms with Crippen molar-refractivity contribution in [3.63, 3.8) is 0 Å². The lowest BCUT2D eigenvalue weighted by molar-refractivity contribution is -0.121. The van der Waals surface area contributed by atoms with Crippen LogP contribution >= 0.6 is 0 Å². The minimum atomic E-state index is -0.00395. The zero-order valence-electron chi connectivity index (χ0n) is 15.3. The number of carbonyl (C=O) groups is 1. The van der Waals surface area contributed by atoms with Gasteiger partial charge in [-0.3, -0.25) is 4.79 Å². The maximum absolute atomic E-state index is 12.3. The number of nitrogens with one attached hydrogen (secondary N) is 1. The molecule has 1 amide bonds. The molecule has 4 rings (SSSR count). The van der Waals surface area contributed by atoms with Crippen LogP contribution in [0.15, 0.2) is 36.5 Å². The minimum absolute atomic E-state index is 0.00395. The van der Waals surface area contributed by atoms with Crippen LogP contribution in [-0.2, 0) is 24.3 Å². The van der Waals surface area contributed by atoms with E-state index in [0.29, 0.717) is 19.4 Å². The number of imidazole rings is 1. The van der Waals surface area contributed by atoms with Gasteiger partial charge >= 0.3 is 0 Å². The summed E-state index contributed by atoms with van der Waals surface area (Å²) in [4.78, 5) is 21.4. The van der Waals surface area contributed by atoms with Gasteiger partial charge in [-0.15, -0.1) is 0 Å². The number of fused-ring (bicyclic) bond motifs is 2. The Balaban J connectivity index is 1.36. The van der Waals surface area contributed by atoms with E-state index >= 15 is 0 Å². The van der Waals surface area contributed by atoms with Crippen LogP contribution in [0.4, 0.5) is 0 Å². The van der Waals surface area contributed by atoms with Gasteiger partial charge in [0.05, 0.1) is 0 Å². The molecule has 3 heterocycles. The minimum Gasteiger partial charge on any atom is -0.454 e. The number of hydrogen-bond donors (Lipinski definition) is 1. The Morgan fingerprint density at radius 3 is 3.04 bits per heavy atom. The predicted molar refractivity (Wildman–Crippen MR) is 101 cm³/mol. The summed E-state index contributed by atoms with van der Waals surface area (Å²) < 4.78 is 12.8. The molecule has 0 saturated carbocycles. The third-order valence-corrected chi connectivity index (χ3v) is 4.53. The highest BCUT2D eigenvalue weighted by molar-refractivity contribution is 5.76. The highest BCUT2D eigenvalue weighted by Gasteiger charge is 2.15. The summed E-state index contributed by atoms with van der Waals surface area (Å²) in [5, 5.41) is 2.96. The molecule has 7 heteroatoms. The van der Waals surface area contributed by atoms with Crippen molar-refractivity contribution in [3.05, 3.63) is 47.9 Å². The molecule has 2 aromatic heterocycles. The van der Waals surface area contributed by atoms with Crippen LogP contribution in [0.2, 0.25) is 0 Å². The molecule has 0 fully saturated rings. The van der Waals surface area contributed by atoms with Crippen LogP contribution in [0.5, 0.6) is 11.5 Å². The first-order valence-electron chi connectivity index (χ1n) is 9.20. The number of amides is 1. The van der Waals surface area contributed by atoms with Crippen molar-refractivity contribution in [2.24, 2.45) is 0 Å². The van der Waals surface area contributed by atoms with Gasteiger partial charge in [0.15, 0.2) is 17.1 Å². The largest absolute Gasteiger partial charge is 0.454 e. The van der Waals surface area contributed by atoms with Crippen LogP contribution in [-0.4, -0.2) is 27.2 Å². The molecule has 0 spiro atoms. The van der Waals surface area contributed by atoms with Crippen LogP contribution < -0.4 is 14.8 Å². The standard InChI is InChI=1S/C20H22N4O3/c1-2-10-24-18(23-15-4-3-9-21-20(15)24)7-8-19(25)22-12-14-5-6-16-17(11-14)27-13-26-16/h3-6,9,11H,2,7-8,10,12-13H2,1H3,(H,22,25). The van der Waals surface area contributed by atoms with Crippen molar-refractivity contribution >= 4 is 17.1 Å². The van der Waals surface area contributed by atoms with Crippen molar-refractivity contribution in [2.75, 3.05) is 6.79 Å². The molecule has 0 atom stereocenters. The molecule has 0 saturated heterocycles. The lowest BCUT2D eigenvalue weighted by Crippen LogP contribution is -2.23. The molecule has 0 aliphatic carbocycles. The van der Waals surface area contributed by atoms with Crippen LogP contribution in [0.1, 0.15) is 31.2 Å². The topological polar surface area (TPSA) is 78.3 Å². The summed E-state index contributed by atoms with van der Waals surface area (Å²) in [5.41, 5.74) is 2.74. The fraction of sp³-hybridized carbons (Fsp3) is 0.350. The number of carbonyl (C=O) groups excluding carboxylic acids is 1. The fourth-order valence-electron chi connectivity index (χ4n) is 3.22. The maximum atomic E-state index is 12.3. The molecule has 7 nitrogen and oxygen atoms in total. The van der Waals surface area contributed by atoms with Gasteiger partial charge in [-0.25, -0.2) is 9.97 Å². The highest BCUT2D eigenvalue weighted by atomic mass is 16.7. The Hall–Kier alpha value is -3.09. The molecule has 1 aliphatic rings. The van der Waals surface area contributed by atoms with Gasteiger partial charge in [0, 0.05) is 32.1 Å². The lowest BCUT2D eigenvalue weighted by atomic mass is 10.2. The Morgan fingerprint density at radius 1 is 1.26 bits per heavy atom. The lowest BCUT2D eigenvalue weighted by Gasteiger charge is -2.08. The predicted octanol–water partition coefficient (Wildman–Crippen LogP) is 2.82. The molecule has 3 aromatic rings. The molecule has 1 N–H and O–H groups in total. The molecular weight excluding hydrogens is 344 g/mol. The molecule has 0 unspecified atom stereocenters. The molecule has 27 heavy (non-hydrogen) atoms. The van der Waals surface area contributed by atoms with E-state index in [2.05, 4.69) is 26.8 Å². The summed E-state index contributed by atoms with van der Waals surface area (Å²) in [6.07, 6.45) is 3.74. The molecule has 140 valence electrons. The fourth-order valence-corrected chi connectivity index (χ4v) is 3.22. The first-order valence-corrected chi connectivity index (χ1v) is 9.20. The average Bonchev–Trinajstić information content (AvgIpc) is 3.29. The number of benzene rings is 1. The number of aromatic nitrogens is 3. The van der Waals surface area contributed by atoms with Crippen LogP contribution in [0, 0.1) is 0 Å². The first kappa shape index (κ1) is 17.3. The summed E-state index contributed by atoms with van der Waals surface area (Å²) in [7, 11) is 0. The van der Waals surface area contributed by atoms with Gasteiger partial charge < -0.3 is 19.4 Å². The van der Waals surface area contributed by atoms with Crippen molar-refractivity contribution < 1.29 is 14.3 Å². The van der Waals surface area contributed by atoms with Gasteiger partial charge in [-0.1, -0.05) is 13.0 Å². The summed E-state index contributed by atoms with van der Waals surface area (Å²) in [6.45, 7) is 3.68. The maximum Gasteiger partial charge on any atom is 0.231 e. The summed E-state index contributed by atoms with van der Waals surface area (Å²) in [6, 6.07) is 9.53. The number of pyridine rings is 1. The van der Waals surface area contributed by atoms with E-state index in [4.69, 9.17) is 9.47 Å². The van der Waals surface area contributed by atoms with Gasteiger partial charge in [0.25, 0.3) is 0 Å². The van der Waals surface area contributed by atoms with Crippen molar-refractivity contribution in [3.8, 4) is 11.5 Å². The number of rotatable bonds is 7. The van der Waals surface area contributed by atoms with Crippen molar-refractivity contribution in [1.82, 2.24) is 19.9 Å². The molecule has 0 radical (unpaired) electrons. The zero-order valence-corrected chi connectivity index (χ0v) is 15.3. The smallest absolute Gasteiger partial charge is 0.231 e. The summed E-state index contributed by atoms with van der Waals surface area (Å²) >= 11 is 0. The molecule has 1 aromatic carbocycles. The monoisotopic (exact) mass is 366 g/mol. The Bertz CT molecular complexity index is 967. The number of ether oxygens (including phenoxy) is 2. The van der Waals surface area contributed by atoms with Crippen LogP contribution in [0.3, 0.4) is 0 Å². The van der Waals surface area contributed by atoms with Gasteiger partial charge in [-0.05, 0) is 36.2 Å². The van der Waals surface area contributed by atoms with Crippen LogP contribution in [0.25, 0.3) is 11.2 Å². The van der Waals surface area contributed by atoms with Gasteiger partial charge in [0.2, 0.25) is 12.7 Å². The van der Waals surface area contributed by atoms with E-state index in [1.165, 1.54) is 0 Å². The number of nitrogens with zero attached hydrogens (tertiary/aromatic N) is 3. The Kier molecular flexibility index (Phi) is 4.91. The highest BCUT2D eigenvalue weighted by Crippen LogP contribution is 2.32. The third-order valence-electron chi connectivity index (χ3n) is 4.53. The second-order valence-corrected chi connectivity index (χ2v) is 6.49. The number of hydrogen-bond acceptors (Lipinski definition) is 5. The van der Waals surface area contributed by atoms with E-state index in [1.807, 2.05) is 30.3 Å². The second-order valence-electron chi connectivity index (χ2n) is 6.49. The molecular formula is C20H22N4O3. The SMILES string of the molecule is CCCn1c(CCC(=O)NCc2ccc3c(c2)OCO3)nc2cccnc21. The molecule has 0 bridgehead atoms. The quantitative estimate of drug-likeness (QED) is 0.696. The summed E-state index contributed by atoms with van der Waals surface area (Å²) in [5.74, 6) is 2.37. The number of aryl methyl sites for hydroxylation is 2. The van der Waals surface area contributed by atoms with Crippen molar-refractivity contribution in [2.45, 2.75) is 39.3 Å². The first-order chi connectivity index (χ1) is 13.2. The van der Waals surface area contributed by atoms with E-state index in [-0.39, 0.29) is 12.7 Å². The third kappa shape index (κ3) is 3.72. The Morgan fingerprint density at radius 2 is 2.15 bits per heavy atom. The second kappa shape index (κ2) is 7.65. The van der Waals surface area contributed by atoms with E-state index < -0.39 is 0 Å². The molecule has 1 aliphatic heterocycles. The van der Waals surface area contributed by atoms with Gasteiger partial charge in [-0.2, -0.15) is 0 Å². The zero-order chi connectivity index (χ0) is 18.6. The van der Waals surface area contributed by atoms with E-state index in [0.717, 1.165) is 47.0 Å².